The second-order valence-electron chi connectivity index (χ2n) is 6.52. The van der Waals surface area contributed by atoms with Gasteiger partial charge in [-0.2, -0.15) is 5.10 Å². The second-order valence-corrected chi connectivity index (χ2v) is 6.52. The Morgan fingerprint density at radius 3 is 2.52 bits per heavy atom. The summed E-state index contributed by atoms with van der Waals surface area (Å²) < 4.78 is 7.93. The summed E-state index contributed by atoms with van der Waals surface area (Å²) in [5.74, 6) is 0.756. The molecule has 0 fully saturated rings. The van der Waals surface area contributed by atoms with Gasteiger partial charge in [0.25, 0.3) is 0 Å². The quantitative estimate of drug-likeness (QED) is 0.720. The van der Waals surface area contributed by atoms with E-state index in [1.54, 1.807) is 0 Å². The molecule has 0 unspecified atom stereocenters. The molecule has 2 aromatic carbocycles. The number of benzene rings is 2. The zero-order chi connectivity index (χ0) is 17.8. The van der Waals surface area contributed by atoms with Crippen molar-refractivity contribution < 1.29 is 9.84 Å². The Hall–Kier alpha value is -2.59. The lowest BCUT2D eigenvalue weighted by Gasteiger charge is -2.15. The highest BCUT2D eigenvalue weighted by Gasteiger charge is 2.12. The van der Waals surface area contributed by atoms with Crippen LogP contribution in [0.1, 0.15) is 36.6 Å². The van der Waals surface area contributed by atoms with Gasteiger partial charge in [0.05, 0.1) is 12.8 Å². The topological polar surface area (TPSA) is 47.3 Å². The Bertz CT molecular complexity index is 838. The normalized spacial score (nSPS) is 11.1. The Kier molecular flexibility index (Phi) is 5.19. The number of hydrogen-bond donors (Lipinski definition) is 1. The van der Waals surface area contributed by atoms with Crippen LogP contribution in [0.3, 0.4) is 0 Å². The smallest absolute Gasteiger partial charge is 0.128 e. The number of ether oxygens (including phenoxy) is 1. The lowest BCUT2D eigenvalue weighted by atomic mass is 10.0. The third kappa shape index (κ3) is 3.91. The van der Waals surface area contributed by atoms with Gasteiger partial charge >= 0.3 is 0 Å². The van der Waals surface area contributed by atoms with Crippen LogP contribution in [0.4, 0.5) is 0 Å². The van der Waals surface area contributed by atoms with Crippen LogP contribution in [0, 0.1) is 6.92 Å². The van der Waals surface area contributed by atoms with Gasteiger partial charge in [-0.25, -0.2) is 0 Å². The van der Waals surface area contributed by atoms with Crippen LogP contribution in [-0.4, -0.2) is 14.9 Å². The van der Waals surface area contributed by atoms with Crippen molar-refractivity contribution in [1.29, 1.82) is 0 Å². The van der Waals surface area contributed by atoms with Gasteiger partial charge in [-0.3, -0.25) is 4.68 Å². The van der Waals surface area contributed by atoms with Crippen molar-refractivity contribution in [1.82, 2.24) is 9.78 Å². The molecule has 0 aliphatic carbocycles. The Morgan fingerprint density at radius 1 is 1.12 bits per heavy atom. The van der Waals surface area contributed by atoms with E-state index in [9.17, 15) is 5.11 Å². The van der Waals surface area contributed by atoms with Gasteiger partial charge in [-0.15, -0.1) is 0 Å². The van der Waals surface area contributed by atoms with E-state index in [0.29, 0.717) is 12.6 Å². The number of nitrogens with zero attached hydrogens (tertiary/aromatic N) is 2. The largest absolute Gasteiger partial charge is 0.488 e. The molecule has 0 amide bonds. The van der Waals surface area contributed by atoms with Gasteiger partial charge < -0.3 is 9.84 Å². The third-order valence-corrected chi connectivity index (χ3v) is 4.21. The summed E-state index contributed by atoms with van der Waals surface area (Å²) >= 11 is 0. The van der Waals surface area contributed by atoms with Crippen molar-refractivity contribution in [3.8, 4) is 16.9 Å². The average Bonchev–Trinajstić information content (AvgIpc) is 3.11. The van der Waals surface area contributed by atoms with Gasteiger partial charge in [-0.05, 0) is 49.6 Å². The van der Waals surface area contributed by atoms with Crippen molar-refractivity contribution in [2.75, 3.05) is 0 Å². The first-order valence-electron chi connectivity index (χ1n) is 8.54. The monoisotopic (exact) mass is 336 g/mol. The van der Waals surface area contributed by atoms with Crippen LogP contribution in [0.25, 0.3) is 11.1 Å². The third-order valence-electron chi connectivity index (χ3n) is 4.21. The fraction of sp³-hybridized carbons (Fsp3) is 0.286. The summed E-state index contributed by atoms with van der Waals surface area (Å²) in [5, 5.41) is 14.2. The predicted molar refractivity (Wildman–Crippen MR) is 99.5 cm³/mol. The summed E-state index contributed by atoms with van der Waals surface area (Å²) in [7, 11) is 0. The minimum absolute atomic E-state index is 0.0584. The van der Waals surface area contributed by atoms with Crippen LogP contribution in [0.15, 0.2) is 54.9 Å². The first kappa shape index (κ1) is 17.2. The maximum Gasteiger partial charge on any atom is 0.128 e. The van der Waals surface area contributed by atoms with Crippen LogP contribution in [0.5, 0.6) is 5.75 Å². The van der Waals surface area contributed by atoms with Gasteiger partial charge in [0.1, 0.15) is 12.4 Å². The number of aliphatic hydroxyl groups is 1. The van der Waals surface area contributed by atoms with E-state index in [1.807, 2.05) is 60.4 Å². The van der Waals surface area contributed by atoms with Gasteiger partial charge in [0.2, 0.25) is 0 Å². The SMILES string of the molecule is Cc1cc(-c2cnn(C(C)C)c2)cc(CO)c1OCc1ccccc1. The molecule has 0 aliphatic rings. The number of aromatic nitrogens is 2. The number of hydrogen-bond acceptors (Lipinski definition) is 3. The molecule has 0 saturated heterocycles. The fourth-order valence-corrected chi connectivity index (χ4v) is 2.84. The van der Waals surface area contributed by atoms with Gasteiger partial charge in [0, 0.05) is 23.4 Å². The second kappa shape index (κ2) is 7.53. The maximum atomic E-state index is 9.80. The summed E-state index contributed by atoms with van der Waals surface area (Å²) in [5.41, 5.74) is 4.99. The molecule has 3 aromatic rings. The number of aryl methyl sites for hydroxylation is 1. The molecule has 4 heteroatoms. The minimum Gasteiger partial charge on any atom is -0.488 e. The van der Waals surface area contributed by atoms with Crippen molar-refractivity contribution in [2.45, 2.75) is 40.0 Å². The molecule has 0 saturated carbocycles. The molecule has 1 aromatic heterocycles. The molecular formula is C21H24N2O2. The Labute approximate surface area is 148 Å². The highest BCUT2D eigenvalue weighted by molar-refractivity contribution is 5.66. The molecule has 3 rings (SSSR count). The van der Waals surface area contributed by atoms with Crippen LogP contribution in [-0.2, 0) is 13.2 Å². The lowest BCUT2D eigenvalue weighted by Crippen LogP contribution is -2.01. The number of rotatable bonds is 6. The van der Waals surface area contributed by atoms with E-state index < -0.39 is 0 Å². The van der Waals surface area contributed by atoms with Crippen LogP contribution >= 0.6 is 0 Å². The molecule has 130 valence electrons. The van der Waals surface area contributed by atoms with Crippen LogP contribution < -0.4 is 4.74 Å². The van der Waals surface area contributed by atoms with E-state index in [2.05, 4.69) is 25.0 Å². The average molecular weight is 336 g/mol. The molecule has 4 nitrogen and oxygen atoms in total. The summed E-state index contributed by atoms with van der Waals surface area (Å²) in [4.78, 5) is 0. The molecule has 1 N–H and O–H groups in total. The Balaban J connectivity index is 1.87. The van der Waals surface area contributed by atoms with Crippen LogP contribution in [0.2, 0.25) is 0 Å². The first-order chi connectivity index (χ1) is 12.1. The minimum atomic E-state index is -0.0584. The molecule has 25 heavy (non-hydrogen) atoms. The molecule has 1 heterocycles. The molecular weight excluding hydrogens is 312 g/mol. The van der Waals surface area contributed by atoms with E-state index >= 15 is 0 Å². The maximum absolute atomic E-state index is 9.80. The first-order valence-corrected chi connectivity index (χ1v) is 8.54. The zero-order valence-electron chi connectivity index (χ0n) is 14.9. The highest BCUT2D eigenvalue weighted by atomic mass is 16.5. The highest BCUT2D eigenvalue weighted by Crippen LogP contribution is 2.31. The number of aliphatic hydroxyl groups excluding tert-OH is 1. The lowest BCUT2D eigenvalue weighted by molar-refractivity contribution is 0.258. The zero-order valence-corrected chi connectivity index (χ0v) is 14.9. The van der Waals surface area contributed by atoms with E-state index in [1.165, 1.54) is 0 Å². The van der Waals surface area contributed by atoms with E-state index in [-0.39, 0.29) is 6.61 Å². The summed E-state index contributed by atoms with van der Waals surface area (Å²) in [6.45, 7) is 6.63. The standard InChI is InChI=1S/C21H24N2O2/c1-15(2)23-12-20(11-22-23)18-9-16(3)21(19(10-18)13-24)25-14-17-7-5-4-6-8-17/h4-12,15,24H,13-14H2,1-3H3. The summed E-state index contributed by atoms with van der Waals surface area (Å²) in [6, 6.07) is 14.4. The Morgan fingerprint density at radius 2 is 1.88 bits per heavy atom. The van der Waals surface area contributed by atoms with Crippen molar-refractivity contribution in [3.05, 3.63) is 71.5 Å². The van der Waals surface area contributed by atoms with Gasteiger partial charge in [-0.1, -0.05) is 30.3 Å². The van der Waals surface area contributed by atoms with Crippen molar-refractivity contribution in [3.63, 3.8) is 0 Å². The summed E-state index contributed by atoms with van der Waals surface area (Å²) in [6.07, 6.45) is 3.89. The molecule has 0 atom stereocenters. The predicted octanol–water partition coefficient (Wildman–Crippen LogP) is 4.51. The molecule has 0 radical (unpaired) electrons. The van der Waals surface area contributed by atoms with E-state index in [4.69, 9.17) is 4.74 Å². The van der Waals surface area contributed by atoms with Crippen molar-refractivity contribution in [2.24, 2.45) is 0 Å². The van der Waals surface area contributed by atoms with Crippen molar-refractivity contribution >= 4 is 0 Å². The molecule has 0 spiro atoms. The molecule has 0 aliphatic heterocycles. The fourth-order valence-electron chi connectivity index (χ4n) is 2.84. The molecule has 0 bridgehead atoms. The van der Waals surface area contributed by atoms with E-state index in [0.717, 1.165) is 33.6 Å². The van der Waals surface area contributed by atoms with Gasteiger partial charge in [0.15, 0.2) is 0 Å².